The van der Waals surface area contributed by atoms with Crippen LogP contribution in [-0.4, -0.2) is 35.5 Å². The Balaban J connectivity index is 3.43. The van der Waals surface area contributed by atoms with Crippen molar-refractivity contribution in [3.8, 4) is 0 Å². The lowest BCUT2D eigenvalue weighted by Crippen LogP contribution is -2.41. The largest absolute Gasteiger partial charge is 0.465 e. The standard InChI is InChI=1S/C4H10N2O3/c5-1-3(2-7)6-4(8)9/h3,6-7H,1-2,5H2,(H,8,9). The molecule has 0 aliphatic heterocycles. The molecule has 0 heterocycles. The van der Waals surface area contributed by atoms with Crippen LogP contribution in [0.2, 0.25) is 0 Å². The fourth-order valence-corrected chi connectivity index (χ4v) is 0.354. The third-order valence-electron chi connectivity index (χ3n) is 0.833. The average Bonchev–Trinajstić information content (AvgIpc) is 1.82. The highest BCUT2D eigenvalue weighted by Gasteiger charge is 2.05. The van der Waals surface area contributed by atoms with E-state index in [0.29, 0.717) is 0 Å². The van der Waals surface area contributed by atoms with E-state index < -0.39 is 12.1 Å². The van der Waals surface area contributed by atoms with Crippen LogP contribution >= 0.6 is 0 Å². The second-order valence-corrected chi connectivity index (χ2v) is 1.56. The van der Waals surface area contributed by atoms with Gasteiger partial charge in [-0.3, -0.25) is 0 Å². The molecular weight excluding hydrogens is 124 g/mol. The van der Waals surface area contributed by atoms with Crippen molar-refractivity contribution in [2.75, 3.05) is 13.2 Å². The molecule has 0 rings (SSSR count). The van der Waals surface area contributed by atoms with E-state index in [1.54, 1.807) is 0 Å². The van der Waals surface area contributed by atoms with Crippen LogP contribution < -0.4 is 11.1 Å². The molecule has 5 nitrogen and oxygen atoms in total. The molecule has 0 aliphatic carbocycles. The van der Waals surface area contributed by atoms with Crippen molar-refractivity contribution in [1.82, 2.24) is 5.32 Å². The van der Waals surface area contributed by atoms with Gasteiger partial charge in [0.2, 0.25) is 0 Å². The number of aliphatic hydroxyl groups is 1. The summed E-state index contributed by atoms with van der Waals surface area (Å²) in [5.74, 6) is 0. The van der Waals surface area contributed by atoms with Crippen molar-refractivity contribution < 1.29 is 15.0 Å². The number of aliphatic hydroxyl groups excluding tert-OH is 1. The highest BCUT2D eigenvalue weighted by Crippen LogP contribution is 1.75. The zero-order valence-electron chi connectivity index (χ0n) is 4.87. The molecule has 0 fully saturated rings. The van der Waals surface area contributed by atoms with Gasteiger partial charge in [-0.25, -0.2) is 4.79 Å². The maximum absolute atomic E-state index is 9.85. The molecule has 0 aromatic carbocycles. The first-order valence-corrected chi connectivity index (χ1v) is 2.51. The predicted molar refractivity (Wildman–Crippen MR) is 31.1 cm³/mol. The average molecular weight is 134 g/mol. The van der Waals surface area contributed by atoms with Gasteiger partial charge in [-0.1, -0.05) is 0 Å². The highest BCUT2D eigenvalue weighted by molar-refractivity contribution is 5.64. The summed E-state index contributed by atoms with van der Waals surface area (Å²) in [7, 11) is 0. The molecule has 0 bridgehead atoms. The lowest BCUT2D eigenvalue weighted by Gasteiger charge is -2.09. The first-order chi connectivity index (χ1) is 4.20. The molecule has 0 aromatic rings. The zero-order chi connectivity index (χ0) is 7.28. The second-order valence-electron chi connectivity index (χ2n) is 1.56. The van der Waals surface area contributed by atoms with E-state index in [1.807, 2.05) is 5.32 Å². The zero-order valence-corrected chi connectivity index (χ0v) is 4.87. The number of rotatable bonds is 3. The van der Waals surface area contributed by atoms with Crippen LogP contribution in [0, 0.1) is 0 Å². The summed E-state index contributed by atoms with van der Waals surface area (Å²) < 4.78 is 0. The molecule has 1 unspecified atom stereocenters. The molecule has 9 heavy (non-hydrogen) atoms. The molecular formula is C4H10N2O3. The quantitative estimate of drug-likeness (QED) is 0.380. The minimum Gasteiger partial charge on any atom is -0.465 e. The van der Waals surface area contributed by atoms with Crippen molar-refractivity contribution in [2.45, 2.75) is 6.04 Å². The van der Waals surface area contributed by atoms with E-state index >= 15 is 0 Å². The number of amides is 1. The minimum atomic E-state index is -1.17. The number of carboxylic acid groups (broad SMARTS) is 1. The van der Waals surface area contributed by atoms with Crippen LogP contribution in [0.25, 0.3) is 0 Å². The summed E-state index contributed by atoms with van der Waals surface area (Å²) in [5.41, 5.74) is 5.05. The third kappa shape index (κ3) is 3.75. The fraction of sp³-hybridized carbons (Fsp3) is 0.750. The Morgan fingerprint density at radius 3 is 2.44 bits per heavy atom. The van der Waals surface area contributed by atoms with Gasteiger partial charge in [0.05, 0.1) is 12.6 Å². The lowest BCUT2D eigenvalue weighted by atomic mass is 10.3. The highest BCUT2D eigenvalue weighted by atomic mass is 16.4. The SMILES string of the molecule is NCC(CO)NC(=O)O. The number of carbonyl (C=O) groups is 1. The van der Waals surface area contributed by atoms with E-state index in [-0.39, 0.29) is 13.2 Å². The van der Waals surface area contributed by atoms with Crippen LogP contribution in [-0.2, 0) is 0 Å². The van der Waals surface area contributed by atoms with Crippen LogP contribution in [0.15, 0.2) is 0 Å². The normalized spacial score (nSPS) is 12.7. The molecule has 5 N–H and O–H groups in total. The molecule has 0 aromatic heterocycles. The number of hydrogen-bond acceptors (Lipinski definition) is 3. The molecule has 54 valence electrons. The lowest BCUT2D eigenvalue weighted by molar-refractivity contribution is 0.178. The third-order valence-corrected chi connectivity index (χ3v) is 0.833. The van der Waals surface area contributed by atoms with Crippen LogP contribution in [0.5, 0.6) is 0 Å². The van der Waals surface area contributed by atoms with Gasteiger partial charge in [0.1, 0.15) is 0 Å². The van der Waals surface area contributed by atoms with E-state index in [1.165, 1.54) is 0 Å². The van der Waals surface area contributed by atoms with Gasteiger partial charge in [-0.15, -0.1) is 0 Å². The molecule has 1 amide bonds. The first-order valence-electron chi connectivity index (χ1n) is 2.51. The molecule has 0 saturated carbocycles. The Bertz CT molecular complexity index is 91.8. The predicted octanol–water partition coefficient (Wildman–Crippen LogP) is -1.43. The Hall–Kier alpha value is -0.810. The summed E-state index contributed by atoms with van der Waals surface area (Å²) in [5, 5.41) is 18.5. The molecule has 0 saturated heterocycles. The number of hydrogen-bond donors (Lipinski definition) is 4. The molecule has 1 atom stereocenters. The van der Waals surface area contributed by atoms with E-state index in [2.05, 4.69) is 0 Å². The summed E-state index contributed by atoms with van der Waals surface area (Å²) in [6.07, 6.45) is -1.17. The van der Waals surface area contributed by atoms with Crippen LogP contribution in [0.1, 0.15) is 0 Å². The van der Waals surface area contributed by atoms with Crippen molar-refractivity contribution >= 4 is 6.09 Å². The Morgan fingerprint density at radius 1 is 1.78 bits per heavy atom. The maximum atomic E-state index is 9.85. The van der Waals surface area contributed by atoms with Gasteiger partial charge in [0, 0.05) is 6.54 Å². The van der Waals surface area contributed by atoms with E-state index in [0.717, 1.165) is 0 Å². The maximum Gasteiger partial charge on any atom is 0.405 e. The topological polar surface area (TPSA) is 95.6 Å². The molecule has 0 spiro atoms. The van der Waals surface area contributed by atoms with Gasteiger partial charge in [-0.05, 0) is 0 Å². The fourth-order valence-electron chi connectivity index (χ4n) is 0.354. The molecule has 0 radical (unpaired) electrons. The Morgan fingerprint density at radius 2 is 2.33 bits per heavy atom. The number of nitrogens with two attached hydrogens (primary N) is 1. The monoisotopic (exact) mass is 134 g/mol. The van der Waals surface area contributed by atoms with Gasteiger partial charge in [-0.2, -0.15) is 0 Å². The summed E-state index contributed by atoms with van der Waals surface area (Å²) in [6.45, 7) is -0.147. The van der Waals surface area contributed by atoms with Gasteiger partial charge in [0.15, 0.2) is 0 Å². The molecule has 0 aliphatic rings. The first kappa shape index (κ1) is 8.19. The Labute approximate surface area is 52.5 Å². The smallest absolute Gasteiger partial charge is 0.405 e. The van der Waals surface area contributed by atoms with Crippen LogP contribution in [0.4, 0.5) is 4.79 Å². The second kappa shape index (κ2) is 4.11. The van der Waals surface area contributed by atoms with Gasteiger partial charge < -0.3 is 21.3 Å². The van der Waals surface area contributed by atoms with Crippen LogP contribution in [0.3, 0.4) is 0 Å². The van der Waals surface area contributed by atoms with Crippen molar-refractivity contribution in [2.24, 2.45) is 5.73 Å². The van der Waals surface area contributed by atoms with Gasteiger partial charge in [0.25, 0.3) is 0 Å². The number of nitrogens with one attached hydrogen (secondary N) is 1. The minimum absolute atomic E-state index is 0.114. The molecule has 5 heteroatoms. The van der Waals surface area contributed by atoms with E-state index in [4.69, 9.17) is 15.9 Å². The van der Waals surface area contributed by atoms with Crippen molar-refractivity contribution in [1.29, 1.82) is 0 Å². The summed E-state index contributed by atoms with van der Waals surface area (Å²) >= 11 is 0. The summed E-state index contributed by atoms with van der Waals surface area (Å²) in [4.78, 5) is 9.85. The van der Waals surface area contributed by atoms with Gasteiger partial charge >= 0.3 is 6.09 Å². The summed E-state index contributed by atoms with van der Waals surface area (Å²) in [6, 6.07) is -0.539. The Kier molecular flexibility index (Phi) is 3.74. The van der Waals surface area contributed by atoms with Crippen molar-refractivity contribution in [3.05, 3.63) is 0 Å². The van der Waals surface area contributed by atoms with E-state index in [9.17, 15) is 4.79 Å². The van der Waals surface area contributed by atoms with Crippen molar-refractivity contribution in [3.63, 3.8) is 0 Å².